The lowest BCUT2D eigenvalue weighted by Crippen LogP contribution is -2.35. The van der Waals surface area contributed by atoms with Crippen molar-refractivity contribution in [3.8, 4) is 11.5 Å². The summed E-state index contributed by atoms with van der Waals surface area (Å²) < 4.78 is 10.6. The summed E-state index contributed by atoms with van der Waals surface area (Å²) in [6.45, 7) is 6.06. The van der Waals surface area contributed by atoms with Crippen molar-refractivity contribution in [3.05, 3.63) is 23.3 Å². The normalized spacial score (nSPS) is 13.5. The zero-order valence-electron chi connectivity index (χ0n) is 12.8. The van der Waals surface area contributed by atoms with E-state index in [1.165, 1.54) is 0 Å². The molecule has 0 aliphatic carbocycles. The molecule has 112 valence electrons. The van der Waals surface area contributed by atoms with Crippen molar-refractivity contribution in [2.24, 2.45) is 11.7 Å². The number of hydrogen-bond donors (Lipinski definition) is 2. The Balaban J connectivity index is 2.98. The topological polar surface area (TPSA) is 73.6 Å². The predicted octanol–water partition coefficient (Wildman–Crippen LogP) is 1.78. The molecule has 5 heteroatoms. The minimum atomic E-state index is -0.196. The molecule has 0 saturated carbocycles. The van der Waals surface area contributed by atoms with Gasteiger partial charge in [0.05, 0.1) is 20.3 Å². The summed E-state index contributed by atoms with van der Waals surface area (Å²) >= 11 is 0. The van der Waals surface area contributed by atoms with Crippen molar-refractivity contribution in [1.82, 2.24) is 5.32 Å². The Kier molecular flexibility index (Phi) is 5.82. The largest absolute Gasteiger partial charge is 0.493 e. The number of nitrogens with one attached hydrogen (secondary N) is 1. The summed E-state index contributed by atoms with van der Waals surface area (Å²) in [4.78, 5) is 11.9. The van der Waals surface area contributed by atoms with Crippen LogP contribution in [0, 0.1) is 12.8 Å². The molecule has 1 amide bonds. The van der Waals surface area contributed by atoms with Gasteiger partial charge in [0.2, 0.25) is 5.91 Å². The molecule has 5 nitrogen and oxygen atoms in total. The number of aryl methyl sites for hydroxylation is 1. The Hall–Kier alpha value is -1.75. The van der Waals surface area contributed by atoms with Crippen LogP contribution in [0.5, 0.6) is 11.5 Å². The van der Waals surface area contributed by atoms with Gasteiger partial charge in [-0.2, -0.15) is 0 Å². The van der Waals surface area contributed by atoms with Crippen molar-refractivity contribution in [2.75, 3.05) is 20.8 Å². The fourth-order valence-corrected chi connectivity index (χ4v) is 2.00. The van der Waals surface area contributed by atoms with Crippen LogP contribution < -0.4 is 20.5 Å². The fraction of sp³-hybridized carbons (Fsp3) is 0.533. The maximum absolute atomic E-state index is 11.9. The van der Waals surface area contributed by atoms with Crippen LogP contribution >= 0.6 is 0 Å². The molecule has 0 saturated heterocycles. The third-order valence-electron chi connectivity index (χ3n) is 3.40. The van der Waals surface area contributed by atoms with E-state index in [4.69, 9.17) is 15.2 Å². The molecule has 0 spiro atoms. The number of nitrogens with two attached hydrogens (primary N) is 1. The van der Waals surface area contributed by atoms with Crippen LogP contribution in [-0.2, 0) is 4.79 Å². The van der Waals surface area contributed by atoms with Gasteiger partial charge < -0.3 is 20.5 Å². The summed E-state index contributed by atoms with van der Waals surface area (Å²) in [5, 5.41) is 2.96. The molecule has 0 aromatic heterocycles. The maximum Gasteiger partial charge on any atom is 0.224 e. The van der Waals surface area contributed by atoms with E-state index in [0.29, 0.717) is 18.0 Å². The molecule has 0 heterocycles. The van der Waals surface area contributed by atoms with Gasteiger partial charge in [0.25, 0.3) is 0 Å². The Bertz CT molecular complexity index is 474. The van der Waals surface area contributed by atoms with Crippen LogP contribution in [0.25, 0.3) is 0 Å². The maximum atomic E-state index is 11.9. The van der Waals surface area contributed by atoms with Gasteiger partial charge >= 0.3 is 0 Å². The molecule has 3 N–H and O–H groups in total. The zero-order valence-corrected chi connectivity index (χ0v) is 12.8. The number of carbonyl (C=O) groups is 1. The number of amides is 1. The van der Waals surface area contributed by atoms with Crippen LogP contribution in [0.15, 0.2) is 12.1 Å². The zero-order chi connectivity index (χ0) is 15.3. The fourth-order valence-electron chi connectivity index (χ4n) is 2.00. The Labute approximate surface area is 120 Å². The lowest BCUT2D eigenvalue weighted by molar-refractivity contribution is -0.124. The highest BCUT2D eigenvalue weighted by Crippen LogP contribution is 2.32. The van der Waals surface area contributed by atoms with Crippen LogP contribution in [0.3, 0.4) is 0 Å². The highest BCUT2D eigenvalue weighted by Gasteiger charge is 2.18. The van der Waals surface area contributed by atoms with E-state index in [-0.39, 0.29) is 17.9 Å². The van der Waals surface area contributed by atoms with Crippen molar-refractivity contribution in [1.29, 1.82) is 0 Å². The van der Waals surface area contributed by atoms with E-state index in [9.17, 15) is 4.79 Å². The van der Waals surface area contributed by atoms with E-state index >= 15 is 0 Å². The quantitative estimate of drug-likeness (QED) is 0.833. The second-order valence-electron chi connectivity index (χ2n) is 4.93. The van der Waals surface area contributed by atoms with Crippen molar-refractivity contribution >= 4 is 5.91 Å². The molecule has 0 radical (unpaired) electrons. The SMILES string of the molecule is COc1cc(C)c(C(C)NC(=O)C(C)CN)cc1OC. The van der Waals surface area contributed by atoms with E-state index in [1.54, 1.807) is 14.2 Å². The number of rotatable bonds is 6. The summed E-state index contributed by atoms with van der Waals surface area (Å²) in [5.41, 5.74) is 7.54. The van der Waals surface area contributed by atoms with Gasteiger partial charge in [-0.05, 0) is 37.1 Å². The molecule has 1 aromatic rings. The van der Waals surface area contributed by atoms with Gasteiger partial charge in [-0.15, -0.1) is 0 Å². The van der Waals surface area contributed by atoms with E-state index < -0.39 is 0 Å². The van der Waals surface area contributed by atoms with Crippen LogP contribution in [0.2, 0.25) is 0 Å². The minimum absolute atomic E-state index is 0.0471. The Morgan fingerprint density at radius 1 is 1.25 bits per heavy atom. The predicted molar refractivity (Wildman–Crippen MR) is 79.1 cm³/mol. The van der Waals surface area contributed by atoms with Crippen LogP contribution in [0.4, 0.5) is 0 Å². The first kappa shape index (κ1) is 16.3. The molecule has 0 aliphatic rings. The van der Waals surface area contributed by atoms with Gasteiger partial charge in [-0.1, -0.05) is 6.92 Å². The first-order valence-electron chi connectivity index (χ1n) is 6.67. The molecule has 1 aromatic carbocycles. The summed E-state index contributed by atoms with van der Waals surface area (Å²) in [6, 6.07) is 3.69. The summed E-state index contributed by atoms with van der Waals surface area (Å²) in [7, 11) is 3.20. The van der Waals surface area contributed by atoms with Gasteiger partial charge in [0, 0.05) is 12.5 Å². The standard InChI is InChI=1S/C15H24N2O3/c1-9-6-13(19-4)14(20-5)7-12(9)11(3)17-15(18)10(2)8-16/h6-7,10-11H,8,16H2,1-5H3,(H,17,18). The van der Waals surface area contributed by atoms with Crippen molar-refractivity contribution < 1.29 is 14.3 Å². The second-order valence-corrected chi connectivity index (χ2v) is 4.93. The summed E-state index contributed by atoms with van der Waals surface area (Å²) in [6.07, 6.45) is 0. The molecule has 0 aliphatic heterocycles. The smallest absolute Gasteiger partial charge is 0.224 e. The lowest BCUT2D eigenvalue weighted by Gasteiger charge is -2.20. The molecular formula is C15H24N2O3. The number of ether oxygens (including phenoxy) is 2. The number of methoxy groups -OCH3 is 2. The number of benzene rings is 1. The average Bonchev–Trinajstić information content (AvgIpc) is 2.45. The molecule has 1 rings (SSSR count). The lowest BCUT2D eigenvalue weighted by atomic mass is 10.0. The summed E-state index contributed by atoms with van der Waals surface area (Å²) in [5.74, 6) is 1.09. The average molecular weight is 280 g/mol. The van der Waals surface area contributed by atoms with Gasteiger partial charge in [0.1, 0.15) is 0 Å². The first-order chi connectivity index (χ1) is 9.44. The van der Waals surface area contributed by atoms with Gasteiger partial charge in [0.15, 0.2) is 11.5 Å². The van der Waals surface area contributed by atoms with Crippen molar-refractivity contribution in [3.63, 3.8) is 0 Å². The van der Waals surface area contributed by atoms with Gasteiger partial charge in [-0.3, -0.25) is 4.79 Å². The van der Waals surface area contributed by atoms with Crippen LogP contribution in [0.1, 0.15) is 31.0 Å². The van der Waals surface area contributed by atoms with Gasteiger partial charge in [-0.25, -0.2) is 0 Å². The molecule has 2 unspecified atom stereocenters. The molecule has 20 heavy (non-hydrogen) atoms. The third kappa shape index (κ3) is 3.63. The number of carbonyl (C=O) groups excluding carboxylic acids is 1. The molecular weight excluding hydrogens is 256 g/mol. The molecule has 0 bridgehead atoms. The first-order valence-corrected chi connectivity index (χ1v) is 6.67. The Morgan fingerprint density at radius 3 is 2.30 bits per heavy atom. The third-order valence-corrected chi connectivity index (χ3v) is 3.40. The second kappa shape index (κ2) is 7.14. The Morgan fingerprint density at radius 2 is 1.80 bits per heavy atom. The van der Waals surface area contributed by atoms with Crippen molar-refractivity contribution in [2.45, 2.75) is 26.8 Å². The monoisotopic (exact) mass is 280 g/mol. The minimum Gasteiger partial charge on any atom is -0.493 e. The number of hydrogen-bond acceptors (Lipinski definition) is 4. The van der Waals surface area contributed by atoms with Crippen LogP contribution in [-0.4, -0.2) is 26.7 Å². The van der Waals surface area contributed by atoms with E-state index in [2.05, 4.69) is 5.32 Å². The van der Waals surface area contributed by atoms with E-state index in [1.807, 2.05) is 32.9 Å². The molecule has 0 fully saturated rings. The molecule has 2 atom stereocenters. The van der Waals surface area contributed by atoms with E-state index in [0.717, 1.165) is 11.1 Å². The highest BCUT2D eigenvalue weighted by atomic mass is 16.5. The highest BCUT2D eigenvalue weighted by molar-refractivity contribution is 5.79.